The molecule has 2 nitrogen and oxygen atoms in total. The first-order valence-electron chi connectivity index (χ1n) is 6.98. The van der Waals surface area contributed by atoms with Crippen molar-refractivity contribution in [2.24, 2.45) is 11.8 Å². The number of rotatable bonds is 6. The molecule has 0 amide bonds. The fourth-order valence-corrected chi connectivity index (χ4v) is 2.76. The van der Waals surface area contributed by atoms with Crippen LogP contribution in [0, 0.1) is 11.8 Å². The van der Waals surface area contributed by atoms with Crippen molar-refractivity contribution >= 4 is 0 Å². The summed E-state index contributed by atoms with van der Waals surface area (Å²) in [4.78, 5) is 0. The maximum atomic E-state index is 5.56. The van der Waals surface area contributed by atoms with E-state index in [1.807, 2.05) is 0 Å². The predicted octanol–water partition coefficient (Wildman–Crippen LogP) is 3.22. The molecular formula is C14H29NO. The first-order chi connectivity index (χ1) is 7.63. The maximum absolute atomic E-state index is 5.56. The molecule has 3 atom stereocenters. The summed E-state index contributed by atoms with van der Waals surface area (Å²) in [7, 11) is 0. The summed E-state index contributed by atoms with van der Waals surface area (Å²) in [5, 5.41) is 3.67. The van der Waals surface area contributed by atoms with Gasteiger partial charge in [-0.15, -0.1) is 0 Å². The molecule has 1 fully saturated rings. The Morgan fingerprint density at radius 2 is 2.06 bits per heavy atom. The monoisotopic (exact) mass is 227 g/mol. The van der Waals surface area contributed by atoms with E-state index >= 15 is 0 Å². The van der Waals surface area contributed by atoms with E-state index in [2.05, 4.69) is 33.0 Å². The summed E-state index contributed by atoms with van der Waals surface area (Å²) in [5.74, 6) is 1.80. The van der Waals surface area contributed by atoms with Crippen LogP contribution in [0.1, 0.15) is 53.4 Å². The quantitative estimate of drug-likeness (QED) is 0.704. The lowest BCUT2D eigenvalue weighted by molar-refractivity contribution is 0.0753. The van der Waals surface area contributed by atoms with Crippen molar-refractivity contribution in [3.8, 4) is 0 Å². The van der Waals surface area contributed by atoms with Crippen molar-refractivity contribution in [3.63, 3.8) is 0 Å². The molecule has 1 N–H and O–H groups in total. The van der Waals surface area contributed by atoms with Gasteiger partial charge in [-0.05, 0) is 44.9 Å². The van der Waals surface area contributed by atoms with Gasteiger partial charge in [0.2, 0.25) is 0 Å². The lowest BCUT2D eigenvalue weighted by Crippen LogP contribution is -2.41. The Morgan fingerprint density at radius 3 is 2.69 bits per heavy atom. The molecule has 1 aliphatic carbocycles. The van der Waals surface area contributed by atoms with Gasteiger partial charge in [0.05, 0.1) is 12.7 Å². The molecule has 0 bridgehead atoms. The molecule has 2 heteroatoms. The molecule has 96 valence electrons. The minimum atomic E-state index is 0.357. The van der Waals surface area contributed by atoms with E-state index in [4.69, 9.17) is 4.74 Å². The molecule has 1 saturated carbocycles. The van der Waals surface area contributed by atoms with Crippen molar-refractivity contribution in [2.75, 3.05) is 13.2 Å². The van der Waals surface area contributed by atoms with Crippen molar-refractivity contribution in [2.45, 2.75) is 65.5 Å². The SMILES string of the molecule is CCC1CC(C)CCC1NCCOC(C)C. The topological polar surface area (TPSA) is 21.3 Å². The predicted molar refractivity (Wildman–Crippen MR) is 69.7 cm³/mol. The third-order valence-corrected chi connectivity index (χ3v) is 3.73. The smallest absolute Gasteiger partial charge is 0.0594 e. The van der Waals surface area contributed by atoms with Crippen LogP contribution in [0.4, 0.5) is 0 Å². The number of hydrogen-bond acceptors (Lipinski definition) is 2. The van der Waals surface area contributed by atoms with E-state index in [0.29, 0.717) is 6.10 Å². The number of ether oxygens (including phenoxy) is 1. The molecule has 0 aromatic carbocycles. The standard InChI is InChI=1S/C14H29NO/c1-5-13-10-12(4)6-7-14(13)15-8-9-16-11(2)3/h11-15H,5-10H2,1-4H3. The van der Waals surface area contributed by atoms with Crippen LogP contribution in [-0.2, 0) is 4.74 Å². The van der Waals surface area contributed by atoms with E-state index in [0.717, 1.165) is 31.0 Å². The Balaban J connectivity index is 2.19. The highest BCUT2D eigenvalue weighted by Gasteiger charge is 2.26. The fraction of sp³-hybridized carbons (Fsp3) is 1.00. The fourth-order valence-electron chi connectivity index (χ4n) is 2.76. The highest BCUT2D eigenvalue weighted by molar-refractivity contribution is 4.82. The maximum Gasteiger partial charge on any atom is 0.0594 e. The molecule has 0 heterocycles. The lowest BCUT2D eigenvalue weighted by atomic mass is 9.77. The van der Waals surface area contributed by atoms with Crippen LogP contribution in [0.25, 0.3) is 0 Å². The summed E-state index contributed by atoms with van der Waals surface area (Å²) >= 11 is 0. The average Bonchev–Trinajstić information content (AvgIpc) is 2.25. The second kappa shape index (κ2) is 7.29. The number of nitrogens with one attached hydrogen (secondary N) is 1. The molecule has 0 aliphatic heterocycles. The zero-order chi connectivity index (χ0) is 12.0. The van der Waals surface area contributed by atoms with Crippen molar-refractivity contribution in [3.05, 3.63) is 0 Å². The van der Waals surface area contributed by atoms with Crippen LogP contribution < -0.4 is 5.32 Å². The molecule has 0 aromatic rings. The highest BCUT2D eigenvalue weighted by atomic mass is 16.5. The second-order valence-corrected chi connectivity index (χ2v) is 5.57. The summed E-state index contributed by atoms with van der Waals surface area (Å²) in [6, 6.07) is 0.733. The van der Waals surface area contributed by atoms with Gasteiger partial charge in [-0.3, -0.25) is 0 Å². The zero-order valence-corrected chi connectivity index (χ0v) is 11.5. The van der Waals surface area contributed by atoms with Crippen molar-refractivity contribution in [1.82, 2.24) is 5.32 Å². The molecule has 1 aliphatic rings. The van der Waals surface area contributed by atoms with Gasteiger partial charge < -0.3 is 10.1 Å². The van der Waals surface area contributed by atoms with Gasteiger partial charge in [-0.1, -0.05) is 20.3 Å². The van der Waals surface area contributed by atoms with E-state index in [9.17, 15) is 0 Å². The van der Waals surface area contributed by atoms with Crippen LogP contribution >= 0.6 is 0 Å². The van der Waals surface area contributed by atoms with Gasteiger partial charge in [0.1, 0.15) is 0 Å². The summed E-state index contributed by atoms with van der Waals surface area (Å²) < 4.78 is 5.56. The largest absolute Gasteiger partial charge is 0.377 e. The molecule has 0 radical (unpaired) electrons. The second-order valence-electron chi connectivity index (χ2n) is 5.57. The Bertz CT molecular complexity index is 182. The Kier molecular flexibility index (Phi) is 6.37. The molecule has 0 saturated heterocycles. The van der Waals surface area contributed by atoms with Crippen molar-refractivity contribution < 1.29 is 4.74 Å². The Morgan fingerprint density at radius 1 is 1.31 bits per heavy atom. The molecular weight excluding hydrogens is 198 g/mol. The van der Waals surface area contributed by atoms with Crippen LogP contribution in [0.2, 0.25) is 0 Å². The summed E-state index contributed by atoms with van der Waals surface area (Å²) in [6.07, 6.45) is 5.81. The van der Waals surface area contributed by atoms with Gasteiger partial charge in [0, 0.05) is 12.6 Å². The van der Waals surface area contributed by atoms with Gasteiger partial charge >= 0.3 is 0 Å². The molecule has 1 rings (SSSR count). The van der Waals surface area contributed by atoms with Gasteiger partial charge in [-0.25, -0.2) is 0 Å². The number of hydrogen-bond donors (Lipinski definition) is 1. The van der Waals surface area contributed by atoms with Gasteiger partial charge in [-0.2, -0.15) is 0 Å². The Labute approximate surface area is 101 Å². The normalized spacial score (nSPS) is 30.9. The van der Waals surface area contributed by atoms with Crippen LogP contribution in [0.5, 0.6) is 0 Å². The lowest BCUT2D eigenvalue weighted by Gasteiger charge is -2.35. The molecule has 0 spiro atoms. The minimum Gasteiger partial charge on any atom is -0.377 e. The van der Waals surface area contributed by atoms with Gasteiger partial charge in [0.25, 0.3) is 0 Å². The highest BCUT2D eigenvalue weighted by Crippen LogP contribution is 2.30. The summed E-state index contributed by atoms with van der Waals surface area (Å²) in [6.45, 7) is 10.8. The van der Waals surface area contributed by atoms with Crippen LogP contribution in [0.3, 0.4) is 0 Å². The molecule has 3 unspecified atom stereocenters. The first-order valence-corrected chi connectivity index (χ1v) is 6.98. The van der Waals surface area contributed by atoms with Crippen LogP contribution in [-0.4, -0.2) is 25.3 Å². The minimum absolute atomic E-state index is 0.357. The van der Waals surface area contributed by atoms with E-state index in [1.54, 1.807) is 0 Å². The van der Waals surface area contributed by atoms with E-state index in [-0.39, 0.29) is 0 Å². The molecule has 16 heavy (non-hydrogen) atoms. The first kappa shape index (κ1) is 14.0. The van der Waals surface area contributed by atoms with Crippen LogP contribution in [0.15, 0.2) is 0 Å². The van der Waals surface area contributed by atoms with Gasteiger partial charge in [0.15, 0.2) is 0 Å². The van der Waals surface area contributed by atoms with Crippen molar-refractivity contribution in [1.29, 1.82) is 0 Å². The third-order valence-electron chi connectivity index (χ3n) is 3.73. The zero-order valence-electron chi connectivity index (χ0n) is 11.5. The average molecular weight is 227 g/mol. The summed E-state index contributed by atoms with van der Waals surface area (Å²) in [5.41, 5.74) is 0. The van der Waals surface area contributed by atoms with E-state index in [1.165, 1.54) is 25.7 Å². The third kappa shape index (κ3) is 4.84. The Hall–Kier alpha value is -0.0800. The van der Waals surface area contributed by atoms with E-state index < -0.39 is 0 Å². The molecule has 0 aromatic heterocycles.